The Labute approximate surface area is 106 Å². The second-order valence-electron chi connectivity index (χ2n) is 4.92. The molecule has 1 amide bonds. The molecular weight excluding hydrogens is 234 g/mol. The van der Waals surface area contributed by atoms with Crippen LogP contribution in [-0.2, 0) is 14.3 Å². The Morgan fingerprint density at radius 3 is 2.50 bits per heavy atom. The highest BCUT2D eigenvalue weighted by molar-refractivity contribution is 5.85. The van der Waals surface area contributed by atoms with Crippen LogP contribution in [0.25, 0.3) is 0 Å². The Morgan fingerprint density at radius 1 is 1.28 bits per heavy atom. The van der Waals surface area contributed by atoms with E-state index in [1.165, 1.54) is 0 Å². The van der Waals surface area contributed by atoms with Crippen molar-refractivity contribution >= 4 is 11.9 Å². The lowest BCUT2D eigenvalue weighted by atomic mass is 9.82. The first-order valence-corrected chi connectivity index (χ1v) is 6.33. The highest BCUT2D eigenvalue weighted by Gasteiger charge is 2.38. The van der Waals surface area contributed by atoms with Crippen molar-refractivity contribution in [1.29, 1.82) is 0 Å². The summed E-state index contributed by atoms with van der Waals surface area (Å²) in [6.07, 6.45) is 5.67. The third-order valence-electron chi connectivity index (χ3n) is 3.86. The molecule has 3 atom stereocenters. The third-order valence-corrected chi connectivity index (χ3v) is 3.86. The number of aliphatic carboxylic acids is 1. The maximum atomic E-state index is 12.3. The van der Waals surface area contributed by atoms with Gasteiger partial charge in [-0.3, -0.25) is 9.59 Å². The number of carboxylic acids is 1. The first-order chi connectivity index (χ1) is 8.63. The second-order valence-corrected chi connectivity index (χ2v) is 4.92. The van der Waals surface area contributed by atoms with Crippen LogP contribution in [0.5, 0.6) is 0 Å². The maximum Gasteiger partial charge on any atom is 0.307 e. The van der Waals surface area contributed by atoms with Gasteiger partial charge in [0.15, 0.2) is 0 Å². The molecule has 0 saturated carbocycles. The molecule has 1 N–H and O–H groups in total. The van der Waals surface area contributed by atoms with Gasteiger partial charge < -0.3 is 14.7 Å². The Hall–Kier alpha value is -1.36. The number of hydrogen-bond donors (Lipinski definition) is 1. The highest BCUT2D eigenvalue weighted by atomic mass is 16.5. The molecule has 0 radical (unpaired) electrons. The minimum absolute atomic E-state index is 0.0358. The predicted octanol–water partition coefficient (Wildman–Crippen LogP) is 0.901. The summed E-state index contributed by atoms with van der Waals surface area (Å²) in [5.74, 6) is -1.90. The zero-order chi connectivity index (χ0) is 13.1. The van der Waals surface area contributed by atoms with Crippen molar-refractivity contribution in [2.75, 3.05) is 20.2 Å². The number of carbonyl (C=O) groups is 2. The fraction of sp³-hybridized carbons (Fsp3) is 0.692. The minimum Gasteiger partial charge on any atom is -0.481 e. The summed E-state index contributed by atoms with van der Waals surface area (Å²) in [5.41, 5.74) is 0. The Kier molecular flexibility index (Phi) is 4.01. The van der Waals surface area contributed by atoms with Crippen LogP contribution in [0.15, 0.2) is 12.2 Å². The maximum absolute atomic E-state index is 12.3. The van der Waals surface area contributed by atoms with Gasteiger partial charge in [-0.05, 0) is 19.3 Å². The van der Waals surface area contributed by atoms with Crippen molar-refractivity contribution in [3.8, 4) is 0 Å². The SMILES string of the molecule is COC1CCN(C(=O)[C@@H]2CC=CC[C@@H]2C(=O)O)C1. The fourth-order valence-corrected chi connectivity index (χ4v) is 2.72. The van der Waals surface area contributed by atoms with Crippen LogP contribution in [-0.4, -0.2) is 48.2 Å². The van der Waals surface area contributed by atoms with Crippen LogP contribution in [0.4, 0.5) is 0 Å². The van der Waals surface area contributed by atoms with E-state index in [1.54, 1.807) is 12.0 Å². The van der Waals surface area contributed by atoms with Gasteiger partial charge in [0.2, 0.25) is 5.91 Å². The number of carbonyl (C=O) groups excluding carboxylic acids is 1. The van der Waals surface area contributed by atoms with E-state index >= 15 is 0 Å². The quantitative estimate of drug-likeness (QED) is 0.759. The lowest BCUT2D eigenvalue weighted by Crippen LogP contribution is -2.41. The molecule has 5 nitrogen and oxygen atoms in total. The molecule has 0 aromatic rings. The lowest BCUT2D eigenvalue weighted by molar-refractivity contribution is -0.150. The summed E-state index contributed by atoms with van der Waals surface area (Å²) < 4.78 is 5.23. The van der Waals surface area contributed by atoms with Crippen molar-refractivity contribution in [3.05, 3.63) is 12.2 Å². The first-order valence-electron chi connectivity index (χ1n) is 6.33. The normalized spacial score (nSPS) is 31.6. The summed E-state index contributed by atoms with van der Waals surface area (Å²) in [6.45, 7) is 1.26. The molecular formula is C13H19NO4. The third kappa shape index (κ3) is 2.56. The molecule has 0 bridgehead atoms. The van der Waals surface area contributed by atoms with Gasteiger partial charge in [0.05, 0.1) is 17.9 Å². The average Bonchev–Trinajstić information content (AvgIpc) is 2.86. The molecule has 0 aromatic carbocycles. The molecule has 0 spiro atoms. The van der Waals surface area contributed by atoms with E-state index in [-0.39, 0.29) is 12.0 Å². The second kappa shape index (κ2) is 5.52. The van der Waals surface area contributed by atoms with Crippen molar-refractivity contribution < 1.29 is 19.4 Å². The van der Waals surface area contributed by atoms with Crippen LogP contribution < -0.4 is 0 Å². The fourth-order valence-electron chi connectivity index (χ4n) is 2.72. The average molecular weight is 253 g/mol. The zero-order valence-corrected chi connectivity index (χ0v) is 10.5. The lowest BCUT2D eigenvalue weighted by Gasteiger charge is -2.28. The predicted molar refractivity (Wildman–Crippen MR) is 65.0 cm³/mol. The summed E-state index contributed by atoms with van der Waals surface area (Å²) in [5, 5.41) is 9.17. The molecule has 2 rings (SSSR count). The van der Waals surface area contributed by atoms with Crippen LogP contribution >= 0.6 is 0 Å². The molecule has 1 saturated heterocycles. The standard InChI is InChI=1S/C13H19NO4/c1-18-9-6-7-14(8-9)12(15)10-4-2-3-5-11(10)13(16)17/h2-3,9-11H,4-8H2,1H3,(H,16,17)/t9?,10-,11+/m1/s1. The summed E-state index contributed by atoms with van der Waals surface area (Å²) >= 11 is 0. The molecule has 1 heterocycles. The van der Waals surface area contributed by atoms with E-state index in [4.69, 9.17) is 9.84 Å². The van der Waals surface area contributed by atoms with Crippen molar-refractivity contribution in [3.63, 3.8) is 0 Å². The number of amides is 1. The molecule has 1 aliphatic carbocycles. The van der Waals surface area contributed by atoms with Gasteiger partial charge in [-0.25, -0.2) is 0 Å². The highest BCUT2D eigenvalue weighted by Crippen LogP contribution is 2.29. The van der Waals surface area contributed by atoms with Gasteiger partial charge in [0.1, 0.15) is 0 Å². The molecule has 1 unspecified atom stereocenters. The topological polar surface area (TPSA) is 66.8 Å². The van der Waals surface area contributed by atoms with Crippen molar-refractivity contribution in [2.45, 2.75) is 25.4 Å². The molecule has 2 aliphatic rings. The smallest absolute Gasteiger partial charge is 0.307 e. The number of likely N-dealkylation sites (tertiary alicyclic amines) is 1. The molecule has 1 fully saturated rings. The summed E-state index contributed by atoms with van der Waals surface area (Å²) in [6, 6.07) is 0. The van der Waals surface area contributed by atoms with Crippen molar-refractivity contribution in [2.24, 2.45) is 11.8 Å². The van der Waals surface area contributed by atoms with Crippen LogP contribution in [0.2, 0.25) is 0 Å². The van der Waals surface area contributed by atoms with E-state index in [9.17, 15) is 9.59 Å². The van der Waals surface area contributed by atoms with Crippen LogP contribution in [0.3, 0.4) is 0 Å². The van der Waals surface area contributed by atoms with E-state index in [2.05, 4.69) is 0 Å². The number of methoxy groups -OCH3 is 1. The number of hydrogen-bond acceptors (Lipinski definition) is 3. The largest absolute Gasteiger partial charge is 0.481 e. The number of ether oxygens (including phenoxy) is 1. The molecule has 0 aromatic heterocycles. The van der Waals surface area contributed by atoms with Gasteiger partial charge in [-0.2, -0.15) is 0 Å². The van der Waals surface area contributed by atoms with E-state index in [1.807, 2.05) is 12.2 Å². The van der Waals surface area contributed by atoms with Gasteiger partial charge in [-0.1, -0.05) is 12.2 Å². The Bertz CT molecular complexity index is 366. The molecule has 100 valence electrons. The monoisotopic (exact) mass is 253 g/mol. The van der Waals surface area contributed by atoms with E-state index < -0.39 is 17.8 Å². The number of allylic oxidation sites excluding steroid dienone is 2. The van der Waals surface area contributed by atoms with Gasteiger partial charge in [0.25, 0.3) is 0 Å². The van der Waals surface area contributed by atoms with Gasteiger partial charge in [-0.15, -0.1) is 0 Å². The number of nitrogens with zero attached hydrogens (tertiary/aromatic N) is 1. The molecule has 18 heavy (non-hydrogen) atoms. The van der Waals surface area contributed by atoms with E-state index in [0.717, 1.165) is 6.42 Å². The van der Waals surface area contributed by atoms with E-state index in [0.29, 0.717) is 25.9 Å². The Balaban J connectivity index is 2.03. The minimum atomic E-state index is -0.875. The first kappa shape index (κ1) is 13.1. The zero-order valence-electron chi connectivity index (χ0n) is 10.5. The summed E-state index contributed by atoms with van der Waals surface area (Å²) in [4.78, 5) is 25.3. The molecule has 5 heteroatoms. The van der Waals surface area contributed by atoms with Crippen LogP contribution in [0.1, 0.15) is 19.3 Å². The number of carboxylic acid groups (broad SMARTS) is 1. The van der Waals surface area contributed by atoms with Gasteiger partial charge >= 0.3 is 5.97 Å². The summed E-state index contributed by atoms with van der Waals surface area (Å²) in [7, 11) is 1.64. The van der Waals surface area contributed by atoms with Crippen molar-refractivity contribution in [1.82, 2.24) is 4.90 Å². The van der Waals surface area contributed by atoms with Gasteiger partial charge in [0, 0.05) is 20.2 Å². The molecule has 1 aliphatic heterocycles. The van der Waals surface area contributed by atoms with Crippen LogP contribution in [0, 0.1) is 11.8 Å². The Morgan fingerprint density at radius 2 is 1.94 bits per heavy atom. The number of rotatable bonds is 3.